The van der Waals surface area contributed by atoms with Crippen molar-refractivity contribution >= 4 is 22.5 Å². The number of benzene rings is 1. The minimum atomic E-state index is -0.174. The highest BCUT2D eigenvalue weighted by Crippen LogP contribution is 2.26. The van der Waals surface area contributed by atoms with Crippen LogP contribution < -0.4 is 10.9 Å². The number of likely N-dealkylation sites (N-methyl/N-ethyl adjacent to an activating group) is 1. The average Bonchev–Trinajstić information content (AvgIpc) is 2.71. The van der Waals surface area contributed by atoms with Crippen molar-refractivity contribution in [2.45, 2.75) is 32.4 Å². The summed E-state index contributed by atoms with van der Waals surface area (Å²) in [6.45, 7) is 3.93. The number of pyridine rings is 1. The molecule has 0 bridgehead atoms. The van der Waals surface area contributed by atoms with E-state index in [0.717, 1.165) is 11.1 Å². The van der Waals surface area contributed by atoms with E-state index in [1.165, 1.54) is 4.68 Å². The number of hydrogen-bond donors (Lipinski definition) is 1. The van der Waals surface area contributed by atoms with Gasteiger partial charge in [0.1, 0.15) is 5.52 Å². The SMILES string of the molecule is CCC(=O)c1ccc([C@@H]([C@H](C)Nc2nn(C)c(=O)c3cccnc23)N(C)C)cc1. The highest BCUT2D eigenvalue weighted by atomic mass is 16.1. The summed E-state index contributed by atoms with van der Waals surface area (Å²) in [7, 11) is 5.66. The minimum absolute atomic E-state index is 0.0265. The Bertz CT molecular complexity index is 1070. The fourth-order valence-corrected chi connectivity index (χ4v) is 3.68. The van der Waals surface area contributed by atoms with Crippen molar-refractivity contribution in [2.75, 3.05) is 19.4 Å². The van der Waals surface area contributed by atoms with E-state index in [4.69, 9.17) is 0 Å². The van der Waals surface area contributed by atoms with Crippen molar-refractivity contribution in [1.82, 2.24) is 19.7 Å². The molecule has 1 N–H and O–H groups in total. The fraction of sp³-hybridized carbons (Fsp3) is 0.364. The zero-order valence-corrected chi connectivity index (χ0v) is 17.5. The van der Waals surface area contributed by atoms with E-state index in [9.17, 15) is 9.59 Å². The second-order valence-electron chi connectivity index (χ2n) is 7.42. The van der Waals surface area contributed by atoms with Gasteiger partial charge in [0.05, 0.1) is 11.4 Å². The summed E-state index contributed by atoms with van der Waals surface area (Å²) in [6, 6.07) is 11.3. The number of anilines is 1. The van der Waals surface area contributed by atoms with E-state index in [1.54, 1.807) is 25.4 Å². The lowest BCUT2D eigenvalue weighted by molar-refractivity contribution is 0.0988. The van der Waals surface area contributed by atoms with Crippen LogP contribution in [0.1, 0.15) is 42.2 Å². The molecule has 1 aromatic carbocycles. The molecule has 2 heterocycles. The standard InChI is InChI=1S/C22H27N5O2/c1-6-18(28)15-9-11-16(12-10-15)20(26(3)4)14(2)24-21-19-17(8-7-13-23-19)22(29)27(5)25-21/h7-14,20H,6H2,1-5H3,(H,24,25)/t14-,20+/m0/s1. The molecule has 0 aliphatic carbocycles. The lowest BCUT2D eigenvalue weighted by Crippen LogP contribution is -2.35. The van der Waals surface area contributed by atoms with Gasteiger partial charge in [-0.1, -0.05) is 31.2 Å². The van der Waals surface area contributed by atoms with Crippen LogP contribution in [0.15, 0.2) is 47.4 Å². The van der Waals surface area contributed by atoms with Crippen LogP contribution in [0.4, 0.5) is 5.82 Å². The molecule has 0 aliphatic rings. The van der Waals surface area contributed by atoms with Crippen LogP contribution in [0.2, 0.25) is 0 Å². The molecule has 0 amide bonds. The molecule has 7 heteroatoms. The Labute approximate surface area is 170 Å². The van der Waals surface area contributed by atoms with Crippen molar-refractivity contribution in [3.05, 3.63) is 64.1 Å². The van der Waals surface area contributed by atoms with Crippen LogP contribution in [-0.2, 0) is 7.05 Å². The molecule has 0 aliphatic heterocycles. The van der Waals surface area contributed by atoms with Crippen LogP contribution >= 0.6 is 0 Å². The van der Waals surface area contributed by atoms with Gasteiger partial charge >= 0.3 is 0 Å². The zero-order chi connectivity index (χ0) is 21.1. The first kappa shape index (κ1) is 20.7. The molecule has 7 nitrogen and oxygen atoms in total. The van der Waals surface area contributed by atoms with Gasteiger partial charge in [-0.05, 0) is 38.7 Å². The van der Waals surface area contributed by atoms with Crippen LogP contribution in [-0.4, -0.2) is 45.6 Å². The molecule has 0 unspecified atom stereocenters. The Kier molecular flexibility index (Phi) is 6.08. The summed E-state index contributed by atoms with van der Waals surface area (Å²) in [5.41, 5.74) is 2.20. The third-order valence-corrected chi connectivity index (χ3v) is 5.10. The van der Waals surface area contributed by atoms with Gasteiger partial charge in [-0.25, -0.2) is 4.68 Å². The van der Waals surface area contributed by atoms with Gasteiger partial charge < -0.3 is 10.2 Å². The lowest BCUT2D eigenvalue weighted by Gasteiger charge is -2.31. The van der Waals surface area contributed by atoms with E-state index < -0.39 is 0 Å². The molecule has 2 atom stereocenters. The van der Waals surface area contributed by atoms with E-state index in [0.29, 0.717) is 23.1 Å². The first-order valence-corrected chi connectivity index (χ1v) is 9.71. The van der Waals surface area contributed by atoms with E-state index in [-0.39, 0.29) is 23.4 Å². The van der Waals surface area contributed by atoms with Crippen molar-refractivity contribution < 1.29 is 4.79 Å². The first-order valence-electron chi connectivity index (χ1n) is 9.71. The van der Waals surface area contributed by atoms with Gasteiger partial charge in [0.15, 0.2) is 11.6 Å². The van der Waals surface area contributed by atoms with Gasteiger partial charge in [-0.2, -0.15) is 5.10 Å². The summed E-state index contributed by atoms with van der Waals surface area (Å²) in [4.78, 5) is 30.7. The Morgan fingerprint density at radius 3 is 2.52 bits per heavy atom. The fourth-order valence-electron chi connectivity index (χ4n) is 3.68. The van der Waals surface area contributed by atoms with Gasteiger partial charge in [0.2, 0.25) is 0 Å². The lowest BCUT2D eigenvalue weighted by atomic mass is 9.97. The van der Waals surface area contributed by atoms with Crippen LogP contribution in [0, 0.1) is 0 Å². The van der Waals surface area contributed by atoms with Gasteiger partial charge in [0, 0.05) is 31.3 Å². The molecule has 0 saturated carbocycles. The molecule has 0 radical (unpaired) electrons. The predicted octanol–water partition coefficient (Wildman–Crippen LogP) is 3.02. The summed E-state index contributed by atoms with van der Waals surface area (Å²) >= 11 is 0. The number of Topliss-reactive ketones (excluding diaryl/α,β-unsaturated/α-hetero) is 1. The number of fused-ring (bicyclic) bond motifs is 1. The molecular formula is C22H27N5O2. The van der Waals surface area contributed by atoms with Gasteiger partial charge in [-0.15, -0.1) is 0 Å². The summed E-state index contributed by atoms with van der Waals surface area (Å²) in [6.07, 6.45) is 2.15. The molecule has 0 fully saturated rings. The number of ketones is 1. The molecule has 0 saturated heterocycles. The quantitative estimate of drug-likeness (QED) is 0.622. The highest BCUT2D eigenvalue weighted by Gasteiger charge is 2.23. The molecule has 0 spiro atoms. The Balaban J connectivity index is 1.94. The van der Waals surface area contributed by atoms with E-state index >= 15 is 0 Å². The first-order chi connectivity index (χ1) is 13.8. The predicted molar refractivity (Wildman–Crippen MR) is 115 cm³/mol. The normalized spacial score (nSPS) is 13.4. The number of aromatic nitrogens is 3. The van der Waals surface area contributed by atoms with E-state index in [1.807, 2.05) is 45.3 Å². The van der Waals surface area contributed by atoms with Crippen molar-refractivity contribution in [2.24, 2.45) is 7.05 Å². The average molecular weight is 393 g/mol. The van der Waals surface area contributed by atoms with Crippen molar-refractivity contribution in [3.8, 4) is 0 Å². The third-order valence-electron chi connectivity index (χ3n) is 5.10. The summed E-state index contributed by atoms with van der Waals surface area (Å²) in [5, 5.41) is 8.36. The molecule has 152 valence electrons. The largest absolute Gasteiger partial charge is 0.362 e. The number of carbonyl (C=O) groups is 1. The number of aryl methyl sites for hydroxylation is 1. The monoisotopic (exact) mass is 393 g/mol. The summed E-state index contributed by atoms with van der Waals surface area (Å²) < 4.78 is 1.33. The Morgan fingerprint density at radius 1 is 1.21 bits per heavy atom. The van der Waals surface area contributed by atoms with Gasteiger partial charge in [0.25, 0.3) is 5.56 Å². The molecule has 3 rings (SSSR count). The molecule has 29 heavy (non-hydrogen) atoms. The number of nitrogens with one attached hydrogen (secondary N) is 1. The maximum atomic E-state index is 12.3. The number of carbonyl (C=O) groups excluding carboxylic acids is 1. The number of nitrogens with zero attached hydrogens (tertiary/aromatic N) is 4. The van der Waals surface area contributed by atoms with Gasteiger partial charge in [-0.3, -0.25) is 14.6 Å². The second kappa shape index (κ2) is 8.53. The van der Waals surface area contributed by atoms with Crippen molar-refractivity contribution in [3.63, 3.8) is 0 Å². The van der Waals surface area contributed by atoms with Crippen LogP contribution in [0.3, 0.4) is 0 Å². The Morgan fingerprint density at radius 2 is 1.90 bits per heavy atom. The smallest absolute Gasteiger partial charge is 0.276 e. The van der Waals surface area contributed by atoms with Crippen LogP contribution in [0.5, 0.6) is 0 Å². The number of rotatable bonds is 7. The van der Waals surface area contributed by atoms with Crippen molar-refractivity contribution in [1.29, 1.82) is 0 Å². The molecule has 3 aromatic rings. The maximum absolute atomic E-state index is 12.3. The molecular weight excluding hydrogens is 366 g/mol. The highest BCUT2D eigenvalue weighted by molar-refractivity contribution is 5.95. The Hall–Kier alpha value is -3.06. The minimum Gasteiger partial charge on any atom is -0.362 e. The maximum Gasteiger partial charge on any atom is 0.276 e. The second-order valence-corrected chi connectivity index (χ2v) is 7.42. The zero-order valence-electron chi connectivity index (χ0n) is 17.5. The third kappa shape index (κ3) is 4.19. The summed E-state index contributed by atoms with van der Waals surface area (Å²) in [5.74, 6) is 0.705. The number of hydrogen-bond acceptors (Lipinski definition) is 6. The molecule has 2 aromatic heterocycles. The topological polar surface area (TPSA) is 80.1 Å². The van der Waals surface area contributed by atoms with Crippen LogP contribution in [0.25, 0.3) is 10.9 Å². The van der Waals surface area contributed by atoms with E-state index in [2.05, 4.69) is 27.2 Å².